The lowest BCUT2D eigenvalue weighted by molar-refractivity contribution is 0.0870. The number of hydrogen-bond acceptors (Lipinski definition) is 5. The lowest BCUT2D eigenvalue weighted by Crippen LogP contribution is -2.35. The average molecular weight is 294 g/mol. The van der Waals surface area contributed by atoms with Gasteiger partial charge in [-0.1, -0.05) is 0 Å². The van der Waals surface area contributed by atoms with Gasteiger partial charge >= 0.3 is 0 Å². The van der Waals surface area contributed by atoms with Crippen LogP contribution in [0.3, 0.4) is 0 Å². The fraction of sp³-hybridized carbons (Fsp3) is 0.562. The van der Waals surface area contributed by atoms with Gasteiger partial charge in [0.25, 0.3) is 0 Å². The van der Waals surface area contributed by atoms with Gasteiger partial charge in [-0.25, -0.2) is 0 Å². The van der Waals surface area contributed by atoms with E-state index in [1.54, 1.807) is 32.4 Å². The maximum Gasteiger partial charge on any atom is 0.168 e. The molecule has 0 fully saturated rings. The molecule has 0 aliphatic rings. The summed E-state index contributed by atoms with van der Waals surface area (Å²) in [6.45, 7) is 1.43. The Morgan fingerprint density at radius 1 is 1.00 bits per heavy atom. The molecule has 0 N–H and O–H groups in total. The second kappa shape index (κ2) is 8.00. The van der Waals surface area contributed by atoms with Crippen LogP contribution < -0.4 is 9.47 Å². The van der Waals surface area contributed by atoms with E-state index in [0.29, 0.717) is 30.2 Å². The monoisotopic (exact) mass is 294 g/mol. The Labute approximate surface area is 127 Å². The zero-order valence-electron chi connectivity index (χ0n) is 13.8. The van der Waals surface area contributed by atoms with Gasteiger partial charge in [0, 0.05) is 24.6 Å². The Hall–Kier alpha value is -1.59. The summed E-state index contributed by atoms with van der Waals surface area (Å²) in [5, 5.41) is 0. The number of Topliss-reactive ketones (excluding diaryl/α,β-unsaturated/α-hetero) is 1. The van der Waals surface area contributed by atoms with Gasteiger partial charge in [0.15, 0.2) is 17.3 Å². The smallest absolute Gasteiger partial charge is 0.168 e. The number of nitrogens with zero attached hydrogens (tertiary/aromatic N) is 2. The van der Waals surface area contributed by atoms with E-state index < -0.39 is 0 Å². The summed E-state index contributed by atoms with van der Waals surface area (Å²) < 4.78 is 10.5. The van der Waals surface area contributed by atoms with Crippen LogP contribution in [0.4, 0.5) is 0 Å². The Kier molecular flexibility index (Phi) is 6.65. The molecule has 1 aromatic carbocycles. The third-order valence-electron chi connectivity index (χ3n) is 3.21. The molecule has 21 heavy (non-hydrogen) atoms. The number of ketones is 1. The van der Waals surface area contributed by atoms with Crippen LogP contribution >= 0.6 is 0 Å². The number of hydrogen-bond donors (Lipinski definition) is 0. The van der Waals surface area contributed by atoms with Crippen molar-refractivity contribution in [2.75, 3.05) is 55.5 Å². The van der Waals surface area contributed by atoms with Crippen molar-refractivity contribution in [3.8, 4) is 11.5 Å². The van der Waals surface area contributed by atoms with E-state index in [1.165, 1.54) is 0 Å². The summed E-state index contributed by atoms with van der Waals surface area (Å²) in [6, 6.07) is 5.32. The van der Waals surface area contributed by atoms with Crippen LogP contribution in [-0.2, 0) is 0 Å². The maximum absolute atomic E-state index is 12.7. The molecule has 0 heterocycles. The van der Waals surface area contributed by atoms with E-state index in [1.807, 2.05) is 38.0 Å². The molecular weight excluding hydrogens is 268 g/mol. The second-order valence-electron chi connectivity index (χ2n) is 5.66. The largest absolute Gasteiger partial charge is 0.493 e. The van der Waals surface area contributed by atoms with Crippen LogP contribution in [0.1, 0.15) is 10.4 Å². The van der Waals surface area contributed by atoms with Crippen LogP contribution in [0.2, 0.25) is 0 Å². The lowest BCUT2D eigenvalue weighted by Gasteiger charge is -2.23. The van der Waals surface area contributed by atoms with Gasteiger partial charge in [0.1, 0.15) is 0 Å². The summed E-state index contributed by atoms with van der Waals surface area (Å²) in [4.78, 5) is 16.8. The minimum Gasteiger partial charge on any atom is -0.493 e. The van der Waals surface area contributed by atoms with Crippen molar-refractivity contribution in [3.05, 3.63) is 23.8 Å². The summed E-state index contributed by atoms with van der Waals surface area (Å²) in [7, 11) is 11.1. The van der Waals surface area contributed by atoms with Crippen LogP contribution in [0.15, 0.2) is 18.2 Å². The minimum absolute atomic E-state index is 0.0758. The fourth-order valence-corrected chi connectivity index (χ4v) is 2.33. The molecule has 0 aromatic heterocycles. The van der Waals surface area contributed by atoms with Gasteiger partial charge in [-0.2, -0.15) is 0 Å². The number of carbonyl (C=O) groups is 1. The molecule has 0 spiro atoms. The summed E-state index contributed by atoms with van der Waals surface area (Å²) in [5.74, 6) is 1.26. The van der Waals surface area contributed by atoms with Gasteiger partial charge in [0.2, 0.25) is 0 Å². The highest BCUT2D eigenvalue weighted by Crippen LogP contribution is 2.28. The van der Waals surface area contributed by atoms with Crippen molar-refractivity contribution in [1.29, 1.82) is 0 Å². The molecule has 0 aliphatic heterocycles. The normalized spacial score (nSPS) is 11.3. The molecule has 0 atom stereocenters. The molecule has 0 radical (unpaired) electrons. The summed E-state index contributed by atoms with van der Waals surface area (Å²) >= 11 is 0. The quantitative estimate of drug-likeness (QED) is 0.682. The van der Waals surface area contributed by atoms with Crippen molar-refractivity contribution in [3.63, 3.8) is 0 Å². The van der Waals surface area contributed by atoms with Crippen LogP contribution in [0, 0.1) is 5.92 Å². The third kappa shape index (κ3) is 5.02. The highest BCUT2D eigenvalue weighted by molar-refractivity contribution is 5.98. The zero-order valence-corrected chi connectivity index (χ0v) is 13.8. The van der Waals surface area contributed by atoms with E-state index >= 15 is 0 Å². The Morgan fingerprint density at radius 3 is 1.95 bits per heavy atom. The molecule has 0 saturated heterocycles. The van der Waals surface area contributed by atoms with Gasteiger partial charge < -0.3 is 19.3 Å². The predicted octanol–water partition coefficient (Wildman–Crippen LogP) is 1.63. The molecule has 0 bridgehead atoms. The van der Waals surface area contributed by atoms with Gasteiger partial charge in [-0.15, -0.1) is 0 Å². The minimum atomic E-state index is -0.0758. The first-order chi connectivity index (χ1) is 9.88. The Bertz CT molecular complexity index is 463. The van der Waals surface area contributed by atoms with Gasteiger partial charge in [-0.3, -0.25) is 4.79 Å². The zero-order chi connectivity index (χ0) is 16.0. The van der Waals surface area contributed by atoms with E-state index in [-0.39, 0.29) is 11.7 Å². The van der Waals surface area contributed by atoms with E-state index in [4.69, 9.17) is 9.47 Å². The van der Waals surface area contributed by atoms with Gasteiger partial charge in [0.05, 0.1) is 14.2 Å². The standard InChI is InChI=1S/C16H26N2O3/c1-17(2)10-13(11-18(3)4)16(19)12-7-8-14(20-5)15(9-12)21-6/h7-9,13H,10-11H2,1-6H3. The molecule has 0 amide bonds. The molecular formula is C16H26N2O3. The fourth-order valence-electron chi connectivity index (χ4n) is 2.33. The van der Waals surface area contributed by atoms with Crippen molar-refractivity contribution in [1.82, 2.24) is 9.80 Å². The molecule has 5 heteroatoms. The SMILES string of the molecule is COc1ccc(C(=O)C(CN(C)C)CN(C)C)cc1OC. The Morgan fingerprint density at radius 2 is 1.52 bits per heavy atom. The first kappa shape index (κ1) is 17.5. The summed E-state index contributed by atoms with van der Waals surface area (Å²) in [5.41, 5.74) is 0.654. The number of carbonyl (C=O) groups excluding carboxylic acids is 1. The Balaban J connectivity index is 3.02. The topological polar surface area (TPSA) is 42.0 Å². The number of ether oxygens (including phenoxy) is 2. The predicted molar refractivity (Wildman–Crippen MR) is 84.5 cm³/mol. The van der Waals surface area contributed by atoms with Crippen LogP contribution in [-0.4, -0.2) is 71.1 Å². The molecule has 0 unspecified atom stereocenters. The van der Waals surface area contributed by atoms with E-state index in [9.17, 15) is 4.79 Å². The molecule has 0 saturated carbocycles. The highest BCUT2D eigenvalue weighted by Gasteiger charge is 2.22. The van der Waals surface area contributed by atoms with Crippen molar-refractivity contribution < 1.29 is 14.3 Å². The van der Waals surface area contributed by atoms with Crippen LogP contribution in [0.25, 0.3) is 0 Å². The lowest BCUT2D eigenvalue weighted by atomic mass is 9.96. The van der Waals surface area contributed by atoms with Gasteiger partial charge in [-0.05, 0) is 46.4 Å². The highest BCUT2D eigenvalue weighted by atomic mass is 16.5. The van der Waals surface area contributed by atoms with Crippen molar-refractivity contribution >= 4 is 5.78 Å². The number of rotatable bonds is 8. The average Bonchev–Trinajstić information content (AvgIpc) is 2.44. The molecule has 1 aromatic rings. The molecule has 1 rings (SSSR count). The maximum atomic E-state index is 12.7. The first-order valence-corrected chi connectivity index (χ1v) is 6.94. The van der Waals surface area contributed by atoms with Crippen molar-refractivity contribution in [2.24, 2.45) is 5.92 Å². The molecule has 118 valence electrons. The number of methoxy groups -OCH3 is 2. The first-order valence-electron chi connectivity index (χ1n) is 6.94. The molecule has 5 nitrogen and oxygen atoms in total. The van der Waals surface area contributed by atoms with E-state index in [2.05, 4.69) is 0 Å². The molecule has 0 aliphatic carbocycles. The summed E-state index contributed by atoms with van der Waals surface area (Å²) in [6.07, 6.45) is 0. The van der Waals surface area contributed by atoms with Crippen molar-refractivity contribution in [2.45, 2.75) is 0 Å². The van der Waals surface area contributed by atoms with E-state index in [0.717, 1.165) is 0 Å². The number of benzene rings is 1. The van der Waals surface area contributed by atoms with Crippen LogP contribution in [0.5, 0.6) is 11.5 Å². The third-order valence-corrected chi connectivity index (χ3v) is 3.21. The second-order valence-corrected chi connectivity index (χ2v) is 5.66.